The Balaban J connectivity index is 1.41. The van der Waals surface area contributed by atoms with Gasteiger partial charge in [0.25, 0.3) is 0 Å². The fraction of sp³-hybridized carbons (Fsp3) is 0.613. The van der Waals surface area contributed by atoms with E-state index in [-0.39, 0.29) is 17.0 Å². The maximum absolute atomic E-state index is 15.1. The number of unbranched alkanes of at least 4 members (excludes halogenated alkanes) is 3. The highest BCUT2D eigenvalue weighted by atomic mass is 19.1. The Bertz CT molecular complexity index is 944. The van der Waals surface area contributed by atoms with Crippen molar-refractivity contribution in [3.05, 3.63) is 59.2 Å². The molecule has 0 nitrogen and oxygen atoms in total. The van der Waals surface area contributed by atoms with E-state index in [1.54, 1.807) is 6.07 Å². The van der Waals surface area contributed by atoms with Crippen molar-refractivity contribution in [2.24, 2.45) is 17.8 Å². The van der Waals surface area contributed by atoms with Crippen LogP contribution in [0.5, 0.6) is 0 Å². The minimum absolute atomic E-state index is 0.175. The first-order valence-electron chi connectivity index (χ1n) is 13.6. The number of hydrogen-bond acceptors (Lipinski definition) is 0. The molecule has 4 atom stereocenters. The van der Waals surface area contributed by atoms with Gasteiger partial charge >= 0.3 is 0 Å². The van der Waals surface area contributed by atoms with Crippen LogP contribution in [0.25, 0.3) is 10.8 Å². The lowest BCUT2D eigenvalue weighted by Crippen LogP contribution is -2.30. The van der Waals surface area contributed by atoms with Crippen LogP contribution in [0, 0.1) is 29.4 Å². The van der Waals surface area contributed by atoms with E-state index in [9.17, 15) is 0 Å². The first kappa shape index (κ1) is 24.4. The fourth-order valence-corrected chi connectivity index (χ4v) is 6.68. The van der Waals surface area contributed by atoms with Gasteiger partial charge in [-0.1, -0.05) is 75.8 Å². The Labute approximate surface area is 199 Å². The molecule has 33 heavy (non-hydrogen) atoms. The predicted octanol–water partition coefficient (Wildman–Crippen LogP) is 9.90. The van der Waals surface area contributed by atoms with Crippen LogP contribution in [0.15, 0.2) is 36.4 Å². The van der Waals surface area contributed by atoms with Crippen LogP contribution in [-0.2, 0) is 6.42 Å². The molecule has 2 saturated carbocycles. The zero-order chi connectivity index (χ0) is 23.2. The number of hydrogen-bond donors (Lipinski definition) is 0. The second-order valence-electron chi connectivity index (χ2n) is 10.8. The van der Waals surface area contributed by atoms with Gasteiger partial charge in [-0.05, 0) is 98.1 Å². The molecule has 4 unspecified atom stereocenters. The molecule has 0 amide bonds. The van der Waals surface area contributed by atoms with Crippen LogP contribution in [-0.4, -0.2) is 0 Å². The highest BCUT2D eigenvalue weighted by molar-refractivity contribution is 5.85. The van der Waals surface area contributed by atoms with Gasteiger partial charge in [0, 0.05) is 0 Å². The summed E-state index contributed by atoms with van der Waals surface area (Å²) in [7, 11) is 0. The van der Waals surface area contributed by atoms with E-state index in [1.807, 2.05) is 31.2 Å². The summed E-state index contributed by atoms with van der Waals surface area (Å²) in [4.78, 5) is 0. The van der Waals surface area contributed by atoms with Gasteiger partial charge in [0.2, 0.25) is 0 Å². The van der Waals surface area contributed by atoms with E-state index < -0.39 is 0 Å². The summed E-state index contributed by atoms with van der Waals surface area (Å²) >= 11 is 0. The van der Waals surface area contributed by atoms with Gasteiger partial charge in [-0.3, -0.25) is 0 Å². The number of aryl methyl sites for hydroxylation is 1. The van der Waals surface area contributed by atoms with E-state index in [0.717, 1.165) is 41.5 Å². The Hall–Kier alpha value is -1.70. The molecule has 2 heteroatoms. The second kappa shape index (κ2) is 11.6. The van der Waals surface area contributed by atoms with Gasteiger partial charge in [0.1, 0.15) is 11.6 Å². The third-order valence-corrected chi connectivity index (χ3v) is 8.58. The average molecular weight is 453 g/mol. The number of allylic oxidation sites excluding steroid dienone is 2. The van der Waals surface area contributed by atoms with Crippen LogP contribution < -0.4 is 0 Å². The van der Waals surface area contributed by atoms with Crippen molar-refractivity contribution in [3.8, 4) is 0 Å². The summed E-state index contributed by atoms with van der Waals surface area (Å²) in [5.74, 6) is 2.26. The molecule has 0 aromatic heterocycles. The Morgan fingerprint density at radius 3 is 2.58 bits per heavy atom. The first-order valence-corrected chi connectivity index (χ1v) is 13.6. The highest BCUT2D eigenvalue weighted by Crippen LogP contribution is 2.49. The summed E-state index contributed by atoms with van der Waals surface area (Å²) in [6, 6.07) is 7.49. The molecule has 0 spiro atoms. The lowest BCUT2D eigenvalue weighted by molar-refractivity contribution is 0.113. The van der Waals surface area contributed by atoms with Crippen molar-refractivity contribution in [2.45, 2.75) is 103 Å². The molecule has 0 aliphatic heterocycles. The lowest BCUT2D eigenvalue weighted by atomic mass is 9.63. The molecule has 0 radical (unpaired) electrons. The van der Waals surface area contributed by atoms with Gasteiger partial charge in [-0.15, -0.1) is 0 Å². The Morgan fingerprint density at radius 2 is 1.76 bits per heavy atom. The number of fused-ring (bicyclic) bond motifs is 2. The Morgan fingerprint density at radius 1 is 0.939 bits per heavy atom. The smallest absolute Gasteiger partial charge is 0.137 e. The fourth-order valence-electron chi connectivity index (χ4n) is 6.68. The zero-order valence-corrected chi connectivity index (χ0v) is 20.7. The minimum atomic E-state index is -0.384. The SMILES string of the molecule is C/C=C/CCc1ccc2cc(C3CCC4CC(CCCCCC)CCC4C3)cc(F)c2c1F. The van der Waals surface area contributed by atoms with Gasteiger partial charge in [0.15, 0.2) is 0 Å². The van der Waals surface area contributed by atoms with Crippen molar-refractivity contribution in [1.29, 1.82) is 0 Å². The van der Waals surface area contributed by atoms with Gasteiger partial charge in [-0.2, -0.15) is 0 Å². The summed E-state index contributed by atoms with van der Waals surface area (Å²) in [5, 5.41) is 0.893. The van der Waals surface area contributed by atoms with E-state index in [0.29, 0.717) is 17.9 Å². The highest BCUT2D eigenvalue weighted by Gasteiger charge is 2.36. The van der Waals surface area contributed by atoms with Crippen LogP contribution >= 0.6 is 0 Å². The molecule has 0 saturated heterocycles. The summed E-state index contributed by atoms with van der Waals surface area (Å²) in [6.07, 6.45) is 20.1. The van der Waals surface area contributed by atoms with Crippen LogP contribution in [0.2, 0.25) is 0 Å². The lowest BCUT2D eigenvalue weighted by Gasteiger charge is -2.42. The van der Waals surface area contributed by atoms with Crippen molar-refractivity contribution >= 4 is 10.8 Å². The predicted molar refractivity (Wildman–Crippen MR) is 137 cm³/mol. The first-order chi connectivity index (χ1) is 16.1. The molecule has 4 rings (SSSR count). The molecule has 2 aliphatic rings. The standard InChI is InChI=1S/C31H42F2/c1-3-5-7-9-10-22-12-13-25-19-26(16-15-24(25)18-22)28-20-27-17-14-23(11-8-6-4-2)31(33)30(27)29(32)21-28/h4,6,14,17,20-22,24-26H,3,5,7-13,15-16,18-19H2,1-2H3/b6-4+. The third-order valence-electron chi connectivity index (χ3n) is 8.58. The molecule has 2 aromatic rings. The quantitative estimate of drug-likeness (QED) is 0.262. The van der Waals surface area contributed by atoms with Gasteiger partial charge in [0.05, 0.1) is 5.39 Å². The van der Waals surface area contributed by atoms with Crippen LogP contribution in [0.4, 0.5) is 8.78 Å². The summed E-state index contributed by atoms with van der Waals surface area (Å²) in [5.41, 5.74) is 1.69. The molecule has 0 heterocycles. The monoisotopic (exact) mass is 452 g/mol. The second-order valence-corrected chi connectivity index (χ2v) is 10.8. The zero-order valence-electron chi connectivity index (χ0n) is 20.7. The molecule has 0 N–H and O–H groups in total. The number of benzene rings is 2. The van der Waals surface area contributed by atoms with Crippen molar-refractivity contribution in [3.63, 3.8) is 0 Å². The van der Waals surface area contributed by atoms with Gasteiger partial charge in [-0.25, -0.2) is 8.78 Å². The van der Waals surface area contributed by atoms with E-state index in [4.69, 9.17) is 0 Å². The van der Waals surface area contributed by atoms with Crippen LogP contribution in [0.3, 0.4) is 0 Å². The third kappa shape index (κ3) is 5.87. The average Bonchev–Trinajstić information content (AvgIpc) is 2.82. The Kier molecular flexibility index (Phi) is 8.61. The molecule has 180 valence electrons. The topological polar surface area (TPSA) is 0 Å². The van der Waals surface area contributed by atoms with Gasteiger partial charge < -0.3 is 0 Å². The largest absolute Gasteiger partial charge is 0.206 e. The molecule has 2 aromatic carbocycles. The molecular formula is C31H42F2. The van der Waals surface area contributed by atoms with Crippen LogP contribution in [0.1, 0.15) is 108 Å². The molecule has 2 fully saturated rings. The summed E-state index contributed by atoms with van der Waals surface area (Å²) < 4.78 is 30.2. The van der Waals surface area contributed by atoms with E-state index in [1.165, 1.54) is 64.2 Å². The maximum atomic E-state index is 15.1. The van der Waals surface area contributed by atoms with E-state index in [2.05, 4.69) is 13.0 Å². The number of halogens is 2. The van der Waals surface area contributed by atoms with Crippen molar-refractivity contribution in [2.75, 3.05) is 0 Å². The van der Waals surface area contributed by atoms with E-state index >= 15 is 8.78 Å². The molecule has 0 bridgehead atoms. The summed E-state index contributed by atoms with van der Waals surface area (Å²) in [6.45, 7) is 4.25. The molecule has 2 aliphatic carbocycles. The normalized spacial score (nSPS) is 25.6. The van der Waals surface area contributed by atoms with Crippen molar-refractivity contribution in [1.82, 2.24) is 0 Å². The maximum Gasteiger partial charge on any atom is 0.137 e. The number of rotatable bonds is 9. The minimum Gasteiger partial charge on any atom is -0.206 e. The van der Waals surface area contributed by atoms with Crippen molar-refractivity contribution < 1.29 is 8.78 Å². The molecular weight excluding hydrogens is 410 g/mol.